The lowest BCUT2D eigenvalue weighted by Gasteiger charge is -2.10. The van der Waals surface area contributed by atoms with Crippen LogP contribution in [-0.2, 0) is 4.79 Å². The van der Waals surface area contributed by atoms with Crippen LogP contribution in [0.25, 0.3) is 0 Å². The lowest BCUT2D eigenvalue weighted by molar-refractivity contribution is -0.116. The minimum absolute atomic E-state index is 0.144. The van der Waals surface area contributed by atoms with Gasteiger partial charge in [0, 0.05) is 13.0 Å². The van der Waals surface area contributed by atoms with Crippen LogP contribution >= 0.6 is 0 Å². The van der Waals surface area contributed by atoms with Gasteiger partial charge in [-0.3, -0.25) is 9.59 Å². The molecule has 0 bridgehead atoms. The summed E-state index contributed by atoms with van der Waals surface area (Å²) in [6.45, 7) is 4.38. The number of amides is 2. The standard InChI is InChI=1S/C14H19N3O2/c1-2-10-16-14(19)11-6-3-4-7-12(11)17-13(18)8-5-9-15/h2-4,6-7H,1,5,8-10,15H2,(H,16,19)(H,17,18). The number of nitrogens with two attached hydrogens (primary N) is 1. The Morgan fingerprint density at radius 1 is 1.32 bits per heavy atom. The topological polar surface area (TPSA) is 84.2 Å². The predicted molar refractivity (Wildman–Crippen MR) is 75.9 cm³/mol. The predicted octanol–water partition coefficient (Wildman–Crippen LogP) is 1.28. The molecular formula is C14H19N3O2. The zero-order valence-corrected chi connectivity index (χ0v) is 10.8. The van der Waals surface area contributed by atoms with Gasteiger partial charge in [0.05, 0.1) is 11.3 Å². The number of rotatable bonds is 7. The average molecular weight is 261 g/mol. The molecule has 0 aromatic heterocycles. The second kappa shape index (κ2) is 8.05. The van der Waals surface area contributed by atoms with Gasteiger partial charge in [-0.25, -0.2) is 0 Å². The number of hydrogen-bond donors (Lipinski definition) is 3. The fourth-order valence-electron chi connectivity index (χ4n) is 1.53. The summed E-state index contributed by atoms with van der Waals surface area (Å²) in [7, 11) is 0. The molecule has 0 aliphatic rings. The largest absolute Gasteiger partial charge is 0.349 e. The summed E-state index contributed by atoms with van der Waals surface area (Å²) in [6.07, 6.45) is 2.57. The quantitative estimate of drug-likeness (QED) is 0.646. The maximum atomic E-state index is 11.9. The van der Waals surface area contributed by atoms with Crippen molar-refractivity contribution in [1.82, 2.24) is 5.32 Å². The van der Waals surface area contributed by atoms with E-state index in [4.69, 9.17) is 5.73 Å². The monoisotopic (exact) mass is 261 g/mol. The molecule has 1 aromatic rings. The van der Waals surface area contributed by atoms with Crippen molar-refractivity contribution in [3.8, 4) is 0 Å². The average Bonchev–Trinajstić information content (AvgIpc) is 2.43. The minimum atomic E-state index is -0.241. The van der Waals surface area contributed by atoms with Crippen LogP contribution in [0.5, 0.6) is 0 Å². The zero-order valence-electron chi connectivity index (χ0n) is 10.8. The van der Waals surface area contributed by atoms with Gasteiger partial charge in [-0.2, -0.15) is 0 Å². The van der Waals surface area contributed by atoms with Crippen molar-refractivity contribution in [3.05, 3.63) is 42.5 Å². The van der Waals surface area contributed by atoms with E-state index < -0.39 is 0 Å². The molecule has 5 heteroatoms. The first kappa shape index (κ1) is 14.9. The van der Waals surface area contributed by atoms with Gasteiger partial charge in [-0.1, -0.05) is 18.2 Å². The maximum absolute atomic E-state index is 11.9. The van der Waals surface area contributed by atoms with Crippen molar-refractivity contribution >= 4 is 17.5 Å². The highest BCUT2D eigenvalue weighted by Gasteiger charge is 2.11. The van der Waals surface area contributed by atoms with E-state index in [0.717, 1.165) is 0 Å². The second-order valence-electron chi connectivity index (χ2n) is 3.98. The van der Waals surface area contributed by atoms with Crippen LogP contribution in [-0.4, -0.2) is 24.9 Å². The first-order valence-corrected chi connectivity index (χ1v) is 6.17. The Morgan fingerprint density at radius 3 is 2.74 bits per heavy atom. The molecule has 0 aliphatic carbocycles. The van der Waals surface area contributed by atoms with E-state index in [-0.39, 0.29) is 11.8 Å². The van der Waals surface area contributed by atoms with E-state index in [9.17, 15) is 9.59 Å². The third-order valence-corrected chi connectivity index (χ3v) is 2.46. The number of para-hydroxylation sites is 1. The Hall–Kier alpha value is -2.14. The van der Waals surface area contributed by atoms with Gasteiger partial charge in [0.15, 0.2) is 0 Å². The molecule has 2 amide bonds. The van der Waals surface area contributed by atoms with Crippen molar-refractivity contribution < 1.29 is 9.59 Å². The molecule has 0 fully saturated rings. The van der Waals surface area contributed by atoms with Crippen LogP contribution in [0, 0.1) is 0 Å². The Kier molecular flexibility index (Phi) is 6.32. The lowest BCUT2D eigenvalue weighted by atomic mass is 10.1. The molecule has 5 nitrogen and oxygen atoms in total. The Labute approximate surface area is 112 Å². The number of nitrogens with one attached hydrogen (secondary N) is 2. The van der Waals surface area contributed by atoms with Gasteiger partial charge in [0.25, 0.3) is 5.91 Å². The van der Waals surface area contributed by atoms with Crippen molar-refractivity contribution in [2.75, 3.05) is 18.4 Å². The van der Waals surface area contributed by atoms with E-state index in [1.54, 1.807) is 30.3 Å². The van der Waals surface area contributed by atoms with Gasteiger partial charge in [0.1, 0.15) is 0 Å². The summed E-state index contributed by atoms with van der Waals surface area (Å²) in [5.41, 5.74) is 6.29. The van der Waals surface area contributed by atoms with Crippen LogP contribution in [0.2, 0.25) is 0 Å². The van der Waals surface area contributed by atoms with Gasteiger partial charge in [-0.05, 0) is 25.1 Å². The smallest absolute Gasteiger partial charge is 0.253 e. The molecule has 0 saturated heterocycles. The molecule has 0 unspecified atom stereocenters. The summed E-state index contributed by atoms with van der Waals surface area (Å²) in [6, 6.07) is 6.88. The van der Waals surface area contributed by atoms with Gasteiger partial charge in [0.2, 0.25) is 5.91 Å². The fourth-order valence-corrected chi connectivity index (χ4v) is 1.53. The van der Waals surface area contributed by atoms with Crippen LogP contribution in [0.15, 0.2) is 36.9 Å². The van der Waals surface area contributed by atoms with Crippen molar-refractivity contribution in [2.24, 2.45) is 5.73 Å². The first-order valence-electron chi connectivity index (χ1n) is 6.17. The highest BCUT2D eigenvalue weighted by atomic mass is 16.2. The van der Waals surface area contributed by atoms with Crippen molar-refractivity contribution in [2.45, 2.75) is 12.8 Å². The molecule has 0 spiro atoms. The van der Waals surface area contributed by atoms with Crippen molar-refractivity contribution in [3.63, 3.8) is 0 Å². The molecule has 1 rings (SSSR count). The molecule has 0 atom stereocenters. The molecule has 0 heterocycles. The molecule has 4 N–H and O–H groups in total. The molecule has 0 radical (unpaired) electrons. The normalized spacial score (nSPS) is 9.74. The Balaban J connectivity index is 2.75. The number of carbonyl (C=O) groups is 2. The van der Waals surface area contributed by atoms with Crippen LogP contribution < -0.4 is 16.4 Å². The maximum Gasteiger partial charge on any atom is 0.253 e. The van der Waals surface area contributed by atoms with Gasteiger partial charge in [-0.15, -0.1) is 6.58 Å². The third kappa shape index (κ3) is 4.93. The molecule has 102 valence electrons. The zero-order chi connectivity index (χ0) is 14.1. The van der Waals surface area contributed by atoms with Gasteiger partial charge < -0.3 is 16.4 Å². The summed E-state index contributed by atoms with van der Waals surface area (Å²) >= 11 is 0. The van der Waals surface area contributed by atoms with E-state index in [2.05, 4.69) is 17.2 Å². The second-order valence-corrected chi connectivity index (χ2v) is 3.98. The Bertz CT molecular complexity index is 458. The van der Waals surface area contributed by atoms with Gasteiger partial charge >= 0.3 is 0 Å². The molecule has 1 aromatic carbocycles. The minimum Gasteiger partial charge on any atom is -0.349 e. The summed E-state index contributed by atoms with van der Waals surface area (Å²) in [5, 5.41) is 5.40. The molecule has 0 saturated carbocycles. The van der Waals surface area contributed by atoms with Crippen molar-refractivity contribution in [1.29, 1.82) is 0 Å². The lowest BCUT2D eigenvalue weighted by Crippen LogP contribution is -2.25. The highest BCUT2D eigenvalue weighted by Crippen LogP contribution is 2.15. The van der Waals surface area contributed by atoms with Crippen LogP contribution in [0.1, 0.15) is 23.2 Å². The summed E-state index contributed by atoms with van der Waals surface area (Å²) < 4.78 is 0. The van der Waals surface area contributed by atoms with E-state index in [0.29, 0.717) is 37.2 Å². The van der Waals surface area contributed by atoms with Crippen LogP contribution in [0.3, 0.4) is 0 Å². The number of benzene rings is 1. The number of carbonyl (C=O) groups excluding carboxylic acids is 2. The van der Waals surface area contributed by atoms with E-state index in [1.165, 1.54) is 0 Å². The van der Waals surface area contributed by atoms with Crippen LogP contribution in [0.4, 0.5) is 5.69 Å². The number of hydrogen-bond acceptors (Lipinski definition) is 3. The molecule has 0 aliphatic heterocycles. The summed E-state index contributed by atoms with van der Waals surface area (Å²) in [4.78, 5) is 23.5. The summed E-state index contributed by atoms with van der Waals surface area (Å²) in [5.74, 6) is -0.385. The fraction of sp³-hybridized carbons (Fsp3) is 0.286. The SMILES string of the molecule is C=CCNC(=O)c1ccccc1NC(=O)CCCN. The Morgan fingerprint density at radius 2 is 2.05 bits per heavy atom. The molecule has 19 heavy (non-hydrogen) atoms. The molecular weight excluding hydrogens is 242 g/mol. The highest BCUT2D eigenvalue weighted by molar-refractivity contribution is 6.03. The first-order chi connectivity index (χ1) is 9.19. The van der Waals surface area contributed by atoms with E-state index in [1.807, 2.05) is 0 Å². The van der Waals surface area contributed by atoms with E-state index >= 15 is 0 Å². The third-order valence-electron chi connectivity index (χ3n) is 2.46. The number of anilines is 1.